The average molecular weight is 394 g/mol. The largest absolute Gasteiger partial charge is 0.488 e. The Morgan fingerprint density at radius 1 is 0.931 bits per heavy atom. The van der Waals surface area contributed by atoms with Crippen LogP contribution >= 0.6 is 0 Å². The number of hydrogen-bond donors (Lipinski definition) is 1. The van der Waals surface area contributed by atoms with Gasteiger partial charge in [0, 0.05) is 6.42 Å². The van der Waals surface area contributed by atoms with Gasteiger partial charge in [0.1, 0.15) is 24.4 Å². The summed E-state index contributed by atoms with van der Waals surface area (Å²) >= 11 is 0. The molecule has 4 nitrogen and oxygen atoms in total. The Morgan fingerprint density at radius 2 is 1.66 bits per heavy atom. The van der Waals surface area contributed by atoms with Crippen molar-refractivity contribution >= 4 is 11.0 Å². The van der Waals surface area contributed by atoms with Crippen molar-refractivity contribution in [3.8, 4) is 5.75 Å². The molecule has 1 heterocycles. The van der Waals surface area contributed by atoms with Gasteiger partial charge >= 0.3 is 0 Å². The summed E-state index contributed by atoms with van der Waals surface area (Å²) in [4.78, 5) is 4.67. The van der Waals surface area contributed by atoms with Crippen LogP contribution in [-0.4, -0.2) is 27.4 Å². The van der Waals surface area contributed by atoms with Gasteiger partial charge in [-0.3, -0.25) is 0 Å². The van der Waals surface area contributed by atoms with E-state index in [2.05, 4.69) is 4.98 Å². The van der Waals surface area contributed by atoms with Crippen LogP contribution < -0.4 is 4.74 Å². The van der Waals surface area contributed by atoms with Crippen LogP contribution in [0.3, 0.4) is 0 Å². The summed E-state index contributed by atoms with van der Waals surface area (Å²) in [7, 11) is 0. The predicted molar refractivity (Wildman–Crippen MR) is 107 cm³/mol. The maximum Gasteiger partial charge on any atom is 0.165 e. The Hall–Kier alpha value is -3.25. The Balaban J connectivity index is 1.55. The van der Waals surface area contributed by atoms with E-state index in [1.807, 2.05) is 28.8 Å². The van der Waals surface area contributed by atoms with Gasteiger partial charge < -0.3 is 14.4 Å². The van der Waals surface area contributed by atoms with E-state index in [9.17, 15) is 13.9 Å². The molecule has 6 heteroatoms. The van der Waals surface area contributed by atoms with E-state index in [-0.39, 0.29) is 24.7 Å². The summed E-state index contributed by atoms with van der Waals surface area (Å²) < 4.78 is 34.3. The van der Waals surface area contributed by atoms with Crippen molar-refractivity contribution in [1.29, 1.82) is 0 Å². The first-order valence-corrected chi connectivity index (χ1v) is 9.34. The molecule has 0 bridgehead atoms. The molecule has 4 aromatic rings. The SMILES string of the molecule is OC(COc1ccccc1F)Cn1c(Cc2ccc(F)cc2)nc2ccccc21. The van der Waals surface area contributed by atoms with Crippen molar-refractivity contribution in [2.75, 3.05) is 6.61 Å². The zero-order valence-corrected chi connectivity index (χ0v) is 15.6. The lowest BCUT2D eigenvalue weighted by molar-refractivity contribution is 0.0908. The number of aliphatic hydroxyl groups is 1. The fraction of sp³-hybridized carbons (Fsp3) is 0.174. The number of imidazole rings is 1. The molecular formula is C23H20F2N2O2. The van der Waals surface area contributed by atoms with Crippen LogP contribution in [0.1, 0.15) is 11.4 Å². The van der Waals surface area contributed by atoms with Crippen molar-refractivity contribution < 1.29 is 18.6 Å². The molecule has 4 rings (SSSR count). The maximum absolute atomic E-state index is 13.7. The van der Waals surface area contributed by atoms with Crippen LogP contribution in [0.2, 0.25) is 0 Å². The van der Waals surface area contributed by atoms with Gasteiger partial charge in [-0.1, -0.05) is 36.4 Å². The van der Waals surface area contributed by atoms with Crippen LogP contribution in [-0.2, 0) is 13.0 Å². The first-order chi connectivity index (χ1) is 14.1. The van der Waals surface area contributed by atoms with Crippen molar-refractivity contribution in [2.24, 2.45) is 0 Å². The minimum Gasteiger partial charge on any atom is -0.488 e. The highest BCUT2D eigenvalue weighted by atomic mass is 19.1. The van der Waals surface area contributed by atoms with Crippen molar-refractivity contribution in [3.63, 3.8) is 0 Å². The molecule has 3 aromatic carbocycles. The van der Waals surface area contributed by atoms with Gasteiger partial charge in [-0.15, -0.1) is 0 Å². The van der Waals surface area contributed by atoms with Gasteiger partial charge in [0.15, 0.2) is 11.6 Å². The summed E-state index contributed by atoms with van der Waals surface area (Å²) in [5.41, 5.74) is 2.61. The lowest BCUT2D eigenvalue weighted by Gasteiger charge is -2.16. The summed E-state index contributed by atoms with van der Waals surface area (Å²) in [6.45, 7) is 0.189. The summed E-state index contributed by atoms with van der Waals surface area (Å²) in [5.74, 6) is 0.101. The minimum atomic E-state index is -0.862. The van der Waals surface area contributed by atoms with Gasteiger partial charge in [0.2, 0.25) is 0 Å². The van der Waals surface area contributed by atoms with E-state index in [1.54, 1.807) is 24.3 Å². The third kappa shape index (κ3) is 4.43. The smallest absolute Gasteiger partial charge is 0.165 e. The van der Waals surface area contributed by atoms with Gasteiger partial charge in [0.25, 0.3) is 0 Å². The summed E-state index contributed by atoms with van der Waals surface area (Å²) in [6, 6.07) is 20.0. The zero-order valence-electron chi connectivity index (χ0n) is 15.6. The monoisotopic (exact) mass is 394 g/mol. The van der Waals surface area contributed by atoms with Gasteiger partial charge in [-0.05, 0) is 42.0 Å². The highest BCUT2D eigenvalue weighted by molar-refractivity contribution is 5.76. The Labute approximate surface area is 167 Å². The van der Waals surface area contributed by atoms with Crippen LogP contribution in [0, 0.1) is 11.6 Å². The van der Waals surface area contributed by atoms with Gasteiger partial charge in [0.05, 0.1) is 17.6 Å². The second-order valence-corrected chi connectivity index (χ2v) is 6.83. The molecule has 148 valence electrons. The zero-order chi connectivity index (χ0) is 20.2. The molecule has 1 unspecified atom stereocenters. The molecular weight excluding hydrogens is 374 g/mol. The number of aromatic nitrogens is 2. The second-order valence-electron chi connectivity index (χ2n) is 6.83. The standard InChI is InChI=1S/C23H20F2N2O2/c24-17-11-9-16(10-12-17)13-23-26-20-6-2-3-7-21(20)27(23)14-18(28)15-29-22-8-4-1-5-19(22)25/h1-12,18,28H,13-15H2. The van der Waals surface area contributed by atoms with E-state index >= 15 is 0 Å². The highest BCUT2D eigenvalue weighted by Crippen LogP contribution is 2.20. The number of nitrogens with zero attached hydrogens (tertiary/aromatic N) is 2. The molecule has 1 aromatic heterocycles. The number of aliphatic hydroxyl groups excluding tert-OH is 1. The first-order valence-electron chi connectivity index (χ1n) is 9.34. The van der Waals surface area contributed by atoms with Crippen LogP contribution in [0.5, 0.6) is 5.75 Å². The van der Waals surface area contributed by atoms with Crippen LogP contribution in [0.4, 0.5) is 8.78 Å². The molecule has 1 atom stereocenters. The number of hydrogen-bond acceptors (Lipinski definition) is 3. The van der Waals surface area contributed by atoms with E-state index < -0.39 is 11.9 Å². The molecule has 0 amide bonds. The first kappa shape index (κ1) is 19.1. The van der Waals surface area contributed by atoms with Crippen molar-refractivity contribution in [3.05, 3.63) is 95.8 Å². The van der Waals surface area contributed by atoms with Crippen molar-refractivity contribution in [1.82, 2.24) is 9.55 Å². The van der Waals surface area contributed by atoms with E-state index in [0.717, 1.165) is 22.4 Å². The average Bonchev–Trinajstić information content (AvgIpc) is 3.06. The van der Waals surface area contributed by atoms with Crippen molar-refractivity contribution in [2.45, 2.75) is 19.1 Å². The number of para-hydroxylation sites is 3. The predicted octanol–water partition coefficient (Wildman–Crippen LogP) is 4.35. The van der Waals surface area contributed by atoms with E-state index in [4.69, 9.17) is 4.74 Å². The van der Waals surface area contributed by atoms with Gasteiger partial charge in [-0.2, -0.15) is 0 Å². The normalized spacial score (nSPS) is 12.2. The van der Waals surface area contributed by atoms with E-state index in [1.165, 1.54) is 24.3 Å². The number of halogens is 2. The van der Waals surface area contributed by atoms with Crippen LogP contribution in [0.25, 0.3) is 11.0 Å². The Morgan fingerprint density at radius 3 is 2.45 bits per heavy atom. The fourth-order valence-corrected chi connectivity index (χ4v) is 3.26. The van der Waals surface area contributed by atoms with Crippen LogP contribution in [0.15, 0.2) is 72.8 Å². The maximum atomic E-state index is 13.7. The minimum absolute atomic E-state index is 0.0522. The Kier molecular flexibility index (Phi) is 5.53. The Bertz CT molecular complexity index is 1110. The lowest BCUT2D eigenvalue weighted by Crippen LogP contribution is -2.25. The number of rotatable bonds is 7. The molecule has 0 aliphatic heterocycles. The molecule has 0 fully saturated rings. The lowest BCUT2D eigenvalue weighted by atomic mass is 10.1. The molecule has 0 saturated heterocycles. The highest BCUT2D eigenvalue weighted by Gasteiger charge is 2.16. The molecule has 0 radical (unpaired) electrons. The molecule has 0 aliphatic carbocycles. The van der Waals surface area contributed by atoms with Gasteiger partial charge in [-0.25, -0.2) is 13.8 Å². The number of benzene rings is 3. The summed E-state index contributed by atoms with van der Waals surface area (Å²) in [5, 5.41) is 10.5. The molecule has 29 heavy (non-hydrogen) atoms. The third-order valence-corrected chi connectivity index (χ3v) is 4.67. The third-order valence-electron chi connectivity index (χ3n) is 4.67. The fourth-order valence-electron chi connectivity index (χ4n) is 3.26. The summed E-state index contributed by atoms with van der Waals surface area (Å²) in [6.07, 6.45) is -0.366. The second kappa shape index (κ2) is 8.41. The van der Waals surface area contributed by atoms with E-state index in [0.29, 0.717) is 6.42 Å². The number of ether oxygens (including phenoxy) is 1. The molecule has 0 spiro atoms. The molecule has 0 aliphatic rings. The number of fused-ring (bicyclic) bond motifs is 1. The molecule has 1 N–H and O–H groups in total. The topological polar surface area (TPSA) is 47.3 Å². The quantitative estimate of drug-likeness (QED) is 0.507. The molecule has 0 saturated carbocycles.